The number of carbonyl (C=O) groups excluding carboxylic acids is 3. The van der Waals surface area contributed by atoms with Crippen LogP contribution in [0.15, 0.2) is 18.2 Å². The summed E-state index contributed by atoms with van der Waals surface area (Å²) in [7, 11) is 0. The number of aliphatic carboxylic acids is 1. The summed E-state index contributed by atoms with van der Waals surface area (Å²) in [6, 6.07) is 5.23. The number of carboxylic acids is 1. The van der Waals surface area contributed by atoms with Gasteiger partial charge in [0.25, 0.3) is 0 Å². The van der Waals surface area contributed by atoms with E-state index in [9.17, 15) is 24.3 Å². The number of rotatable bonds is 6. The highest BCUT2D eigenvalue weighted by molar-refractivity contribution is 6.36. The fourth-order valence-corrected chi connectivity index (χ4v) is 4.09. The molecule has 2 N–H and O–H groups in total. The molecule has 0 saturated carbocycles. The molecule has 0 radical (unpaired) electrons. The number of halogens is 1. The van der Waals surface area contributed by atoms with Crippen LogP contribution in [0.5, 0.6) is 0 Å². The van der Waals surface area contributed by atoms with Crippen molar-refractivity contribution in [1.82, 2.24) is 4.68 Å². The van der Waals surface area contributed by atoms with Crippen LogP contribution in [0.2, 0.25) is 5.02 Å². The number of carboxylic acid groups (broad SMARTS) is 1. The molecule has 0 spiro atoms. The van der Waals surface area contributed by atoms with Crippen LogP contribution >= 0.6 is 11.6 Å². The van der Waals surface area contributed by atoms with Gasteiger partial charge in [0.15, 0.2) is 11.7 Å². The highest BCUT2D eigenvalue weighted by Gasteiger charge is 2.46. The monoisotopic (exact) mass is 489 g/mol. The van der Waals surface area contributed by atoms with Crippen molar-refractivity contribution in [3.05, 3.63) is 45.7 Å². The van der Waals surface area contributed by atoms with Gasteiger partial charge < -0.3 is 14.7 Å². The Hall–Kier alpha value is -3.33. The first-order valence-electron chi connectivity index (χ1n) is 10.8. The van der Waals surface area contributed by atoms with Crippen molar-refractivity contribution in [2.24, 2.45) is 11.3 Å². The van der Waals surface area contributed by atoms with Crippen molar-refractivity contribution in [3.8, 4) is 0 Å². The number of anilines is 2. The Bertz CT molecular complexity index is 1170. The Morgan fingerprint density at radius 3 is 2.26 bits per heavy atom. The molecule has 0 saturated heterocycles. The third kappa shape index (κ3) is 4.40. The number of amides is 1. The summed E-state index contributed by atoms with van der Waals surface area (Å²) in [5.41, 5.74) is 4.73. The van der Waals surface area contributed by atoms with Gasteiger partial charge in [-0.3, -0.25) is 29.3 Å². The summed E-state index contributed by atoms with van der Waals surface area (Å²) in [5, 5.41) is 9.82. The molecule has 2 aromatic rings. The van der Waals surface area contributed by atoms with Crippen molar-refractivity contribution in [2.45, 2.75) is 48.1 Å². The Labute approximate surface area is 202 Å². The van der Waals surface area contributed by atoms with E-state index in [4.69, 9.17) is 16.3 Å². The lowest BCUT2D eigenvalue weighted by Gasteiger charge is -2.33. The molecule has 9 nitrogen and oxygen atoms in total. The van der Waals surface area contributed by atoms with E-state index in [2.05, 4.69) is 5.43 Å². The summed E-state index contributed by atoms with van der Waals surface area (Å²) in [4.78, 5) is 51.7. The standard InChI is InChI=1S/C24H28ClN3O6/c1-7-27-16-10-15(25)19(26-28-12(2)8-9-13(28)3)14(11-34-23(33)24(4,5)6)17(16)20(29)18(21(27)30)22(31)32/h8-10,18,26H,7,11H2,1-6H3,(H,31,32). The molecular weight excluding hydrogens is 462 g/mol. The number of aromatic nitrogens is 1. The average molecular weight is 490 g/mol. The van der Waals surface area contributed by atoms with E-state index >= 15 is 0 Å². The number of ketones is 1. The molecular formula is C24H28ClN3O6. The van der Waals surface area contributed by atoms with Crippen LogP contribution in [0.4, 0.5) is 11.4 Å². The third-order valence-corrected chi connectivity index (χ3v) is 5.99. The summed E-state index contributed by atoms with van der Waals surface area (Å²) in [6.45, 7) is 10.3. The Balaban J connectivity index is 2.26. The van der Waals surface area contributed by atoms with E-state index in [0.717, 1.165) is 11.4 Å². The summed E-state index contributed by atoms with van der Waals surface area (Å²) in [5.74, 6) is -5.66. The van der Waals surface area contributed by atoms with Crippen molar-refractivity contribution >= 4 is 46.6 Å². The molecule has 1 aromatic heterocycles. The largest absolute Gasteiger partial charge is 0.480 e. The number of nitrogens with one attached hydrogen (secondary N) is 1. The van der Waals surface area contributed by atoms with E-state index in [1.54, 1.807) is 32.4 Å². The number of benzene rings is 1. The fourth-order valence-electron chi connectivity index (χ4n) is 3.83. The van der Waals surface area contributed by atoms with Crippen molar-refractivity contribution in [1.29, 1.82) is 0 Å². The highest BCUT2D eigenvalue weighted by atomic mass is 35.5. The SMILES string of the molecule is CCN1C(=O)C(C(=O)O)C(=O)c2c1cc(Cl)c(Nn1c(C)ccc1C)c2COC(=O)C(C)(C)C. The van der Waals surface area contributed by atoms with Crippen LogP contribution in [0.25, 0.3) is 0 Å². The van der Waals surface area contributed by atoms with Gasteiger partial charge in [0.05, 0.1) is 27.4 Å². The maximum absolute atomic E-state index is 13.3. The minimum atomic E-state index is -1.89. The maximum Gasteiger partial charge on any atom is 0.324 e. The van der Waals surface area contributed by atoms with Gasteiger partial charge in [-0.1, -0.05) is 11.6 Å². The number of esters is 1. The summed E-state index contributed by atoms with van der Waals surface area (Å²) in [6.07, 6.45) is 0. The van der Waals surface area contributed by atoms with Crippen LogP contribution in [-0.4, -0.2) is 40.0 Å². The first-order valence-corrected chi connectivity index (χ1v) is 11.2. The quantitative estimate of drug-likeness (QED) is 0.465. The number of ether oxygens (including phenoxy) is 1. The van der Waals surface area contributed by atoms with Gasteiger partial charge in [-0.25, -0.2) is 0 Å². The minimum absolute atomic E-state index is 0.00933. The topological polar surface area (TPSA) is 118 Å². The predicted molar refractivity (Wildman–Crippen MR) is 127 cm³/mol. The lowest BCUT2D eigenvalue weighted by molar-refractivity contribution is -0.154. The molecule has 3 rings (SSSR count). The van der Waals surface area contributed by atoms with Crippen LogP contribution < -0.4 is 10.3 Å². The van der Waals surface area contributed by atoms with Crippen LogP contribution in [0.3, 0.4) is 0 Å². The van der Waals surface area contributed by atoms with Gasteiger partial charge >= 0.3 is 11.9 Å². The number of carbonyl (C=O) groups is 4. The van der Waals surface area contributed by atoms with E-state index in [-0.39, 0.29) is 40.7 Å². The second-order valence-electron chi connectivity index (χ2n) is 9.21. The normalized spacial score (nSPS) is 15.9. The molecule has 1 atom stereocenters. The van der Waals surface area contributed by atoms with Gasteiger partial charge in [0, 0.05) is 23.5 Å². The van der Waals surface area contributed by atoms with Crippen LogP contribution in [0, 0.1) is 25.2 Å². The van der Waals surface area contributed by atoms with Crippen LogP contribution in [-0.2, 0) is 25.7 Å². The summed E-state index contributed by atoms with van der Waals surface area (Å²) >= 11 is 6.63. The number of hydrogen-bond acceptors (Lipinski definition) is 6. The highest BCUT2D eigenvalue weighted by Crippen LogP contribution is 2.42. The second-order valence-corrected chi connectivity index (χ2v) is 9.62. The molecule has 34 heavy (non-hydrogen) atoms. The molecule has 2 heterocycles. The van der Waals surface area contributed by atoms with Gasteiger partial charge in [-0.05, 0) is 59.7 Å². The molecule has 1 aliphatic heterocycles. The van der Waals surface area contributed by atoms with E-state index < -0.39 is 35.0 Å². The minimum Gasteiger partial charge on any atom is -0.480 e. The van der Waals surface area contributed by atoms with Gasteiger partial charge in [0.2, 0.25) is 5.91 Å². The maximum atomic E-state index is 13.3. The number of nitrogens with zero attached hydrogens (tertiary/aromatic N) is 2. The third-order valence-electron chi connectivity index (χ3n) is 5.69. The van der Waals surface area contributed by atoms with E-state index in [1.807, 2.05) is 26.0 Å². The van der Waals surface area contributed by atoms with Gasteiger partial charge in [-0.15, -0.1) is 0 Å². The predicted octanol–water partition coefficient (Wildman–Crippen LogP) is 3.97. The molecule has 10 heteroatoms. The van der Waals surface area contributed by atoms with Crippen molar-refractivity contribution in [2.75, 3.05) is 16.9 Å². The zero-order chi connectivity index (χ0) is 25.5. The molecule has 182 valence electrons. The Morgan fingerprint density at radius 2 is 1.76 bits per heavy atom. The molecule has 1 unspecified atom stereocenters. The molecule has 0 bridgehead atoms. The van der Waals surface area contributed by atoms with Crippen molar-refractivity contribution < 1.29 is 29.0 Å². The lowest BCUT2D eigenvalue weighted by atomic mass is 9.86. The number of Topliss-reactive ketones (excluding diaryl/α,β-unsaturated/α-hetero) is 1. The summed E-state index contributed by atoms with van der Waals surface area (Å²) < 4.78 is 7.27. The first-order chi connectivity index (χ1) is 15.8. The Morgan fingerprint density at radius 1 is 1.18 bits per heavy atom. The smallest absolute Gasteiger partial charge is 0.324 e. The molecule has 0 aliphatic carbocycles. The molecule has 0 fully saturated rings. The van der Waals surface area contributed by atoms with E-state index in [0.29, 0.717) is 0 Å². The molecule has 1 amide bonds. The second kappa shape index (κ2) is 9.13. The molecule has 1 aromatic carbocycles. The number of hydrogen-bond donors (Lipinski definition) is 2. The number of aryl methyl sites for hydroxylation is 2. The number of fused-ring (bicyclic) bond motifs is 1. The Kier molecular flexibility index (Phi) is 6.80. The van der Waals surface area contributed by atoms with E-state index in [1.165, 1.54) is 11.0 Å². The van der Waals surface area contributed by atoms with Gasteiger partial charge in [0.1, 0.15) is 6.61 Å². The van der Waals surface area contributed by atoms with Gasteiger partial charge in [-0.2, -0.15) is 0 Å². The zero-order valence-corrected chi connectivity index (χ0v) is 20.7. The van der Waals surface area contributed by atoms with Crippen LogP contribution in [0.1, 0.15) is 55.0 Å². The lowest BCUT2D eigenvalue weighted by Crippen LogP contribution is -2.48. The average Bonchev–Trinajstić information content (AvgIpc) is 3.04. The zero-order valence-electron chi connectivity index (χ0n) is 20.0. The molecule has 1 aliphatic rings. The van der Waals surface area contributed by atoms with Crippen molar-refractivity contribution in [3.63, 3.8) is 0 Å². The first kappa shape index (κ1) is 25.3. The fraction of sp³-hybridized carbons (Fsp3) is 0.417.